The number of ketones is 1. The largest absolute Gasteiger partial charge is 0.349 e. The molecule has 0 saturated heterocycles. The van der Waals surface area contributed by atoms with Gasteiger partial charge in [-0.1, -0.05) is 13.8 Å². The number of hydrogen-bond donors (Lipinski definition) is 1. The predicted octanol–water partition coefficient (Wildman–Crippen LogP) is 3.55. The molecule has 0 bridgehead atoms. The first-order valence-electron chi connectivity index (χ1n) is 6.08. The average molecular weight is 260 g/mol. The van der Waals surface area contributed by atoms with Gasteiger partial charge >= 0.3 is 0 Å². The maximum Gasteiger partial charge on any atom is 0.157 e. The van der Waals surface area contributed by atoms with Gasteiger partial charge in [0, 0.05) is 18.2 Å². The van der Waals surface area contributed by atoms with E-state index in [-0.39, 0.29) is 5.78 Å². The fourth-order valence-corrected chi connectivity index (χ4v) is 2.89. The molecule has 1 atom stereocenters. The van der Waals surface area contributed by atoms with E-state index >= 15 is 0 Å². The van der Waals surface area contributed by atoms with Gasteiger partial charge in [-0.15, -0.1) is 11.3 Å². The standard InChI is InChI=1S/C14H16N2OS/c1-9(2)11-5-12(7-13(17)6-11)16-14-10(8-15)3-4-18-14/h3-4,7,9,11,16H,5-6H2,1-2H3. The summed E-state index contributed by atoms with van der Waals surface area (Å²) in [6.07, 6.45) is 3.20. The van der Waals surface area contributed by atoms with Crippen LogP contribution in [0.3, 0.4) is 0 Å². The van der Waals surface area contributed by atoms with E-state index in [4.69, 9.17) is 5.26 Å². The Morgan fingerprint density at radius 2 is 2.28 bits per heavy atom. The Bertz CT molecular complexity index is 522. The van der Waals surface area contributed by atoms with Gasteiger partial charge in [-0.25, -0.2) is 0 Å². The molecule has 1 aliphatic rings. The molecule has 0 saturated carbocycles. The minimum Gasteiger partial charge on any atom is -0.349 e. The maximum absolute atomic E-state index is 11.7. The monoisotopic (exact) mass is 260 g/mol. The minimum atomic E-state index is 0.178. The van der Waals surface area contributed by atoms with Crippen molar-refractivity contribution in [3.63, 3.8) is 0 Å². The van der Waals surface area contributed by atoms with Gasteiger partial charge in [0.25, 0.3) is 0 Å². The number of carbonyl (C=O) groups is 1. The van der Waals surface area contributed by atoms with Crippen LogP contribution in [0, 0.1) is 23.2 Å². The summed E-state index contributed by atoms with van der Waals surface area (Å²) in [6.45, 7) is 4.29. The van der Waals surface area contributed by atoms with Crippen LogP contribution in [0.1, 0.15) is 32.3 Å². The van der Waals surface area contributed by atoms with Gasteiger partial charge in [0.15, 0.2) is 5.78 Å². The third-order valence-electron chi connectivity index (χ3n) is 3.28. The molecule has 1 aromatic heterocycles. The Hall–Kier alpha value is -1.60. The summed E-state index contributed by atoms with van der Waals surface area (Å²) in [5.41, 5.74) is 1.57. The second kappa shape index (κ2) is 5.36. The quantitative estimate of drug-likeness (QED) is 0.904. The molecule has 0 amide bonds. The van der Waals surface area contributed by atoms with Crippen molar-refractivity contribution in [2.24, 2.45) is 11.8 Å². The molecule has 0 aromatic carbocycles. The molecule has 1 N–H and O–H groups in total. The van der Waals surface area contributed by atoms with Gasteiger partial charge in [0.05, 0.1) is 5.56 Å². The summed E-state index contributed by atoms with van der Waals surface area (Å²) in [7, 11) is 0. The second-order valence-electron chi connectivity index (χ2n) is 4.95. The second-order valence-corrected chi connectivity index (χ2v) is 5.86. The van der Waals surface area contributed by atoms with E-state index < -0.39 is 0 Å². The first-order chi connectivity index (χ1) is 8.60. The van der Waals surface area contributed by atoms with Crippen molar-refractivity contribution in [2.45, 2.75) is 26.7 Å². The summed E-state index contributed by atoms with van der Waals surface area (Å²) in [5, 5.41) is 14.9. The summed E-state index contributed by atoms with van der Waals surface area (Å²) in [5.74, 6) is 1.08. The van der Waals surface area contributed by atoms with Crippen molar-refractivity contribution in [3.8, 4) is 6.07 Å². The molecule has 1 aliphatic carbocycles. The fraction of sp³-hybridized carbons (Fsp3) is 0.429. The van der Waals surface area contributed by atoms with E-state index in [0.717, 1.165) is 17.1 Å². The molecule has 4 heteroatoms. The lowest BCUT2D eigenvalue weighted by atomic mass is 9.83. The third-order valence-corrected chi connectivity index (χ3v) is 4.11. The number of rotatable bonds is 3. The molecule has 0 spiro atoms. The van der Waals surface area contributed by atoms with E-state index in [1.165, 1.54) is 11.3 Å². The van der Waals surface area contributed by atoms with Crippen molar-refractivity contribution >= 4 is 22.1 Å². The molecular weight excluding hydrogens is 244 g/mol. The zero-order valence-corrected chi connectivity index (χ0v) is 11.4. The Labute approximate surface area is 111 Å². The third kappa shape index (κ3) is 2.80. The molecule has 3 nitrogen and oxygen atoms in total. The highest BCUT2D eigenvalue weighted by molar-refractivity contribution is 7.14. The lowest BCUT2D eigenvalue weighted by Gasteiger charge is -2.25. The van der Waals surface area contributed by atoms with Crippen molar-refractivity contribution < 1.29 is 4.79 Å². The Balaban J connectivity index is 2.14. The van der Waals surface area contributed by atoms with E-state index in [1.54, 1.807) is 12.1 Å². The SMILES string of the molecule is CC(C)C1CC(=O)C=C(Nc2sccc2C#N)C1. The fourth-order valence-electron chi connectivity index (χ4n) is 2.12. The normalized spacial score (nSPS) is 19.6. The molecule has 0 fully saturated rings. The molecule has 94 valence electrons. The van der Waals surface area contributed by atoms with Crippen LogP contribution in [0.15, 0.2) is 23.2 Å². The lowest BCUT2D eigenvalue weighted by Crippen LogP contribution is -2.21. The molecular formula is C14H16N2OS. The number of hydrogen-bond acceptors (Lipinski definition) is 4. The number of anilines is 1. The van der Waals surface area contributed by atoms with Crippen LogP contribution in [0.25, 0.3) is 0 Å². The number of nitrogens with zero attached hydrogens (tertiary/aromatic N) is 1. The van der Waals surface area contributed by atoms with Gasteiger partial charge in [0.2, 0.25) is 0 Å². The van der Waals surface area contributed by atoms with Crippen LogP contribution >= 0.6 is 11.3 Å². The Morgan fingerprint density at radius 1 is 1.50 bits per heavy atom. The molecule has 0 aliphatic heterocycles. The first-order valence-corrected chi connectivity index (χ1v) is 6.96. The zero-order valence-electron chi connectivity index (χ0n) is 10.6. The highest BCUT2D eigenvalue weighted by Gasteiger charge is 2.23. The number of nitriles is 1. The van der Waals surface area contributed by atoms with E-state index in [0.29, 0.717) is 23.8 Å². The van der Waals surface area contributed by atoms with E-state index in [9.17, 15) is 4.79 Å². The highest BCUT2D eigenvalue weighted by atomic mass is 32.1. The molecule has 1 heterocycles. The smallest absolute Gasteiger partial charge is 0.157 e. The van der Waals surface area contributed by atoms with Gasteiger partial charge in [-0.05, 0) is 29.7 Å². The minimum absolute atomic E-state index is 0.178. The van der Waals surface area contributed by atoms with Gasteiger partial charge < -0.3 is 5.32 Å². The van der Waals surface area contributed by atoms with Crippen LogP contribution in [0.5, 0.6) is 0 Å². The molecule has 18 heavy (non-hydrogen) atoms. The molecule has 1 aromatic rings. The molecule has 1 unspecified atom stereocenters. The van der Waals surface area contributed by atoms with Crippen molar-refractivity contribution in [3.05, 3.63) is 28.8 Å². The Morgan fingerprint density at radius 3 is 2.94 bits per heavy atom. The maximum atomic E-state index is 11.7. The van der Waals surface area contributed by atoms with Crippen LogP contribution < -0.4 is 5.32 Å². The van der Waals surface area contributed by atoms with Crippen molar-refractivity contribution in [1.29, 1.82) is 5.26 Å². The average Bonchev–Trinajstić information content (AvgIpc) is 2.75. The van der Waals surface area contributed by atoms with Gasteiger partial charge in [-0.3, -0.25) is 4.79 Å². The number of nitrogens with one attached hydrogen (secondary N) is 1. The Kier molecular flexibility index (Phi) is 3.83. The summed E-state index contributed by atoms with van der Waals surface area (Å²) in [4.78, 5) is 11.7. The summed E-state index contributed by atoms with van der Waals surface area (Å²) in [6, 6.07) is 3.94. The summed E-state index contributed by atoms with van der Waals surface area (Å²) < 4.78 is 0. The van der Waals surface area contributed by atoms with Crippen LogP contribution in [-0.2, 0) is 4.79 Å². The predicted molar refractivity (Wildman–Crippen MR) is 73.3 cm³/mol. The molecule has 2 rings (SSSR count). The number of thiophene rings is 1. The topological polar surface area (TPSA) is 52.9 Å². The van der Waals surface area contributed by atoms with Crippen LogP contribution in [-0.4, -0.2) is 5.78 Å². The van der Waals surface area contributed by atoms with Crippen molar-refractivity contribution in [1.82, 2.24) is 0 Å². The van der Waals surface area contributed by atoms with E-state index in [1.807, 2.05) is 5.38 Å². The van der Waals surface area contributed by atoms with Crippen LogP contribution in [0.4, 0.5) is 5.00 Å². The van der Waals surface area contributed by atoms with Gasteiger partial charge in [-0.2, -0.15) is 5.26 Å². The van der Waals surface area contributed by atoms with Gasteiger partial charge in [0.1, 0.15) is 11.1 Å². The highest BCUT2D eigenvalue weighted by Crippen LogP contribution is 2.31. The molecule has 0 radical (unpaired) electrons. The lowest BCUT2D eigenvalue weighted by molar-refractivity contribution is -0.116. The first kappa shape index (κ1) is 12.8. The number of carbonyl (C=O) groups excluding carboxylic acids is 1. The summed E-state index contributed by atoms with van der Waals surface area (Å²) >= 11 is 1.49. The van der Waals surface area contributed by atoms with Crippen molar-refractivity contribution in [2.75, 3.05) is 5.32 Å². The number of allylic oxidation sites excluding steroid dienone is 2. The van der Waals surface area contributed by atoms with E-state index in [2.05, 4.69) is 25.2 Å². The zero-order chi connectivity index (χ0) is 13.1. The van der Waals surface area contributed by atoms with Crippen LogP contribution in [0.2, 0.25) is 0 Å².